The first-order chi connectivity index (χ1) is 10.1. The predicted octanol–water partition coefficient (Wildman–Crippen LogP) is 2.18. The standard InChI is InChI=1S/C14H12FN3O2S/c15-11-7-4-8-12-14(11)13(18-17-12)9-16-21(19,20)10-5-2-1-3-6-10/h1-8,16H,9H2,(H,17,18). The molecule has 5 nitrogen and oxygen atoms in total. The van der Waals surface area contributed by atoms with Gasteiger partial charge in [-0.2, -0.15) is 5.10 Å². The second-order valence-corrected chi connectivity index (χ2v) is 6.24. The van der Waals surface area contributed by atoms with Crippen LogP contribution >= 0.6 is 0 Å². The van der Waals surface area contributed by atoms with Crippen LogP contribution in [0, 0.1) is 5.82 Å². The van der Waals surface area contributed by atoms with E-state index >= 15 is 0 Å². The van der Waals surface area contributed by atoms with Gasteiger partial charge < -0.3 is 0 Å². The Bertz CT molecular complexity index is 876. The third-order valence-corrected chi connectivity index (χ3v) is 4.51. The first kappa shape index (κ1) is 13.7. The minimum Gasteiger partial charge on any atom is -0.280 e. The van der Waals surface area contributed by atoms with Crippen LogP contribution in [-0.4, -0.2) is 18.6 Å². The first-order valence-corrected chi connectivity index (χ1v) is 7.72. The van der Waals surface area contributed by atoms with Gasteiger partial charge >= 0.3 is 0 Å². The minimum absolute atomic E-state index is 0.0609. The second kappa shape index (κ2) is 5.27. The number of halogens is 1. The van der Waals surface area contributed by atoms with Crippen LogP contribution in [0.25, 0.3) is 10.9 Å². The van der Waals surface area contributed by atoms with Gasteiger partial charge in [0.15, 0.2) is 0 Å². The van der Waals surface area contributed by atoms with E-state index in [2.05, 4.69) is 14.9 Å². The number of hydrogen-bond donors (Lipinski definition) is 2. The van der Waals surface area contributed by atoms with Gasteiger partial charge in [-0.05, 0) is 24.3 Å². The summed E-state index contributed by atoms with van der Waals surface area (Å²) < 4.78 is 40.4. The van der Waals surface area contributed by atoms with Crippen molar-refractivity contribution in [2.75, 3.05) is 0 Å². The molecule has 7 heteroatoms. The second-order valence-electron chi connectivity index (χ2n) is 4.47. The number of benzene rings is 2. The van der Waals surface area contributed by atoms with E-state index in [0.717, 1.165) is 0 Å². The molecule has 0 amide bonds. The maximum absolute atomic E-state index is 13.8. The number of H-pyrrole nitrogens is 1. The smallest absolute Gasteiger partial charge is 0.240 e. The van der Waals surface area contributed by atoms with Crippen molar-refractivity contribution in [1.29, 1.82) is 0 Å². The molecular weight excluding hydrogens is 293 g/mol. The molecule has 0 spiro atoms. The zero-order valence-electron chi connectivity index (χ0n) is 10.9. The van der Waals surface area contributed by atoms with Gasteiger partial charge in [-0.1, -0.05) is 24.3 Å². The fourth-order valence-electron chi connectivity index (χ4n) is 2.07. The molecule has 0 aliphatic carbocycles. The van der Waals surface area contributed by atoms with Gasteiger partial charge in [0.05, 0.1) is 28.0 Å². The van der Waals surface area contributed by atoms with Crippen molar-refractivity contribution in [3.8, 4) is 0 Å². The normalized spacial score (nSPS) is 11.9. The zero-order valence-corrected chi connectivity index (χ0v) is 11.7. The molecule has 0 radical (unpaired) electrons. The third kappa shape index (κ3) is 2.65. The quantitative estimate of drug-likeness (QED) is 0.776. The summed E-state index contributed by atoms with van der Waals surface area (Å²) in [5.74, 6) is -0.435. The highest BCUT2D eigenvalue weighted by atomic mass is 32.2. The van der Waals surface area contributed by atoms with Crippen LogP contribution in [0.4, 0.5) is 4.39 Å². The lowest BCUT2D eigenvalue weighted by Crippen LogP contribution is -2.23. The minimum atomic E-state index is -3.64. The fourth-order valence-corrected chi connectivity index (χ4v) is 3.08. The molecule has 0 aliphatic heterocycles. The van der Waals surface area contributed by atoms with E-state index in [0.29, 0.717) is 16.6 Å². The number of aromatic nitrogens is 2. The Morgan fingerprint density at radius 1 is 1.10 bits per heavy atom. The molecule has 0 saturated carbocycles. The van der Waals surface area contributed by atoms with Crippen molar-refractivity contribution in [3.05, 3.63) is 60.0 Å². The zero-order chi connectivity index (χ0) is 14.9. The molecule has 0 unspecified atom stereocenters. The Balaban J connectivity index is 1.87. The van der Waals surface area contributed by atoms with E-state index in [9.17, 15) is 12.8 Å². The van der Waals surface area contributed by atoms with Crippen LogP contribution in [0.2, 0.25) is 0 Å². The third-order valence-electron chi connectivity index (χ3n) is 3.10. The van der Waals surface area contributed by atoms with E-state index in [4.69, 9.17) is 0 Å². The van der Waals surface area contributed by atoms with Crippen molar-refractivity contribution in [2.45, 2.75) is 11.4 Å². The molecule has 2 N–H and O–H groups in total. The molecule has 1 aromatic heterocycles. The Hall–Kier alpha value is -2.25. The van der Waals surface area contributed by atoms with Crippen molar-refractivity contribution in [3.63, 3.8) is 0 Å². The molecule has 2 aromatic carbocycles. The van der Waals surface area contributed by atoms with Gasteiger partial charge in [0.2, 0.25) is 10.0 Å². The Morgan fingerprint density at radius 3 is 2.62 bits per heavy atom. The van der Waals surface area contributed by atoms with Gasteiger partial charge in [0, 0.05) is 0 Å². The van der Waals surface area contributed by atoms with Crippen LogP contribution in [-0.2, 0) is 16.6 Å². The average molecular weight is 305 g/mol. The Morgan fingerprint density at radius 2 is 1.86 bits per heavy atom. The summed E-state index contributed by atoms with van der Waals surface area (Å²) in [4.78, 5) is 0.161. The van der Waals surface area contributed by atoms with Crippen LogP contribution in [0.15, 0.2) is 53.4 Å². The summed E-state index contributed by atoms with van der Waals surface area (Å²) in [7, 11) is -3.64. The molecule has 108 valence electrons. The highest BCUT2D eigenvalue weighted by Crippen LogP contribution is 2.19. The highest BCUT2D eigenvalue weighted by molar-refractivity contribution is 7.89. The summed E-state index contributed by atoms with van der Waals surface area (Å²) in [5.41, 5.74) is 0.853. The summed E-state index contributed by atoms with van der Waals surface area (Å²) in [6.07, 6.45) is 0. The number of nitrogens with one attached hydrogen (secondary N) is 2. The number of hydrogen-bond acceptors (Lipinski definition) is 3. The summed E-state index contributed by atoms with van der Waals surface area (Å²) in [6, 6.07) is 12.5. The fraction of sp³-hybridized carbons (Fsp3) is 0.0714. The summed E-state index contributed by atoms with van der Waals surface area (Å²) >= 11 is 0. The summed E-state index contributed by atoms with van der Waals surface area (Å²) in [5, 5.41) is 6.91. The monoisotopic (exact) mass is 305 g/mol. The lowest BCUT2D eigenvalue weighted by molar-refractivity contribution is 0.580. The number of nitrogens with zero attached hydrogens (tertiary/aromatic N) is 1. The molecule has 0 aliphatic rings. The van der Waals surface area contributed by atoms with E-state index < -0.39 is 15.8 Å². The molecule has 0 atom stereocenters. The molecule has 0 bridgehead atoms. The van der Waals surface area contributed by atoms with Crippen molar-refractivity contribution in [1.82, 2.24) is 14.9 Å². The highest BCUT2D eigenvalue weighted by Gasteiger charge is 2.16. The molecular formula is C14H12FN3O2S. The lowest BCUT2D eigenvalue weighted by atomic mass is 10.2. The SMILES string of the molecule is O=S(=O)(NCc1[nH]nc2cccc(F)c12)c1ccccc1. The molecule has 3 rings (SSSR count). The van der Waals surface area contributed by atoms with Crippen LogP contribution < -0.4 is 4.72 Å². The van der Waals surface area contributed by atoms with Crippen LogP contribution in [0.5, 0.6) is 0 Å². The average Bonchev–Trinajstić information content (AvgIpc) is 2.91. The van der Waals surface area contributed by atoms with Crippen molar-refractivity contribution in [2.24, 2.45) is 0 Å². The molecule has 1 heterocycles. The van der Waals surface area contributed by atoms with E-state index in [1.54, 1.807) is 30.3 Å². The number of fused-ring (bicyclic) bond motifs is 1. The lowest BCUT2D eigenvalue weighted by Gasteiger charge is -2.05. The molecule has 0 saturated heterocycles. The van der Waals surface area contributed by atoms with Crippen molar-refractivity contribution < 1.29 is 12.8 Å². The Kier molecular flexibility index (Phi) is 3.44. The van der Waals surface area contributed by atoms with E-state index in [-0.39, 0.29) is 11.4 Å². The predicted molar refractivity (Wildman–Crippen MR) is 76.5 cm³/mol. The van der Waals surface area contributed by atoms with Gasteiger partial charge in [-0.3, -0.25) is 5.10 Å². The van der Waals surface area contributed by atoms with Gasteiger partial charge in [-0.15, -0.1) is 0 Å². The molecule has 21 heavy (non-hydrogen) atoms. The van der Waals surface area contributed by atoms with Crippen LogP contribution in [0.1, 0.15) is 5.69 Å². The number of rotatable bonds is 4. The van der Waals surface area contributed by atoms with Gasteiger partial charge in [0.25, 0.3) is 0 Å². The Labute approximate surface area is 120 Å². The maximum Gasteiger partial charge on any atom is 0.240 e. The van der Waals surface area contributed by atoms with E-state index in [1.807, 2.05) is 0 Å². The number of aromatic amines is 1. The van der Waals surface area contributed by atoms with Crippen molar-refractivity contribution >= 4 is 20.9 Å². The van der Waals surface area contributed by atoms with E-state index in [1.165, 1.54) is 18.2 Å². The number of sulfonamides is 1. The van der Waals surface area contributed by atoms with Gasteiger partial charge in [-0.25, -0.2) is 17.5 Å². The largest absolute Gasteiger partial charge is 0.280 e. The summed E-state index contributed by atoms with van der Waals surface area (Å²) in [6.45, 7) is -0.0609. The first-order valence-electron chi connectivity index (χ1n) is 6.24. The van der Waals surface area contributed by atoms with Crippen LogP contribution in [0.3, 0.4) is 0 Å². The maximum atomic E-state index is 13.8. The van der Waals surface area contributed by atoms with Gasteiger partial charge in [0.1, 0.15) is 5.82 Å². The molecule has 3 aromatic rings. The topological polar surface area (TPSA) is 74.8 Å². The molecule has 0 fully saturated rings.